The van der Waals surface area contributed by atoms with Crippen LogP contribution in [-0.2, 0) is 4.79 Å². The van der Waals surface area contributed by atoms with Gasteiger partial charge in [-0.1, -0.05) is 6.07 Å². The molecule has 4 heteroatoms. The molecule has 0 aliphatic heterocycles. The Kier molecular flexibility index (Phi) is 2.34. The Hall–Kier alpha value is -1.97. The van der Waals surface area contributed by atoms with Crippen molar-refractivity contribution in [1.29, 1.82) is 0 Å². The zero-order valence-corrected chi connectivity index (χ0v) is 9.19. The summed E-state index contributed by atoms with van der Waals surface area (Å²) in [7, 11) is 0. The lowest BCUT2D eigenvalue weighted by Gasteiger charge is -2.22. The van der Waals surface area contributed by atoms with Crippen molar-refractivity contribution in [1.82, 2.24) is 0 Å². The molecule has 0 unspecified atom stereocenters. The molecule has 0 aliphatic carbocycles. The first-order valence-electron chi connectivity index (χ1n) is 4.96. The minimum absolute atomic E-state index is 0.506. The third-order valence-electron chi connectivity index (χ3n) is 2.41. The number of ether oxygens (including phenoxy) is 1. The Bertz CT molecular complexity index is 528. The van der Waals surface area contributed by atoms with Gasteiger partial charge in [0, 0.05) is 0 Å². The SMILES string of the molecule is CC(C)(Oc1cccc2occc12)C(N)=O. The van der Waals surface area contributed by atoms with Gasteiger partial charge in [-0.25, -0.2) is 0 Å². The van der Waals surface area contributed by atoms with Gasteiger partial charge in [-0.2, -0.15) is 0 Å². The number of benzene rings is 1. The van der Waals surface area contributed by atoms with E-state index in [1.807, 2.05) is 6.07 Å². The van der Waals surface area contributed by atoms with E-state index in [4.69, 9.17) is 14.9 Å². The molecular formula is C12H13NO3. The van der Waals surface area contributed by atoms with Gasteiger partial charge >= 0.3 is 0 Å². The molecule has 0 aliphatic rings. The fourth-order valence-electron chi connectivity index (χ4n) is 1.38. The molecule has 0 radical (unpaired) electrons. The number of rotatable bonds is 3. The van der Waals surface area contributed by atoms with Crippen molar-refractivity contribution in [3.63, 3.8) is 0 Å². The zero-order valence-electron chi connectivity index (χ0n) is 9.19. The number of furan rings is 1. The molecule has 0 spiro atoms. The van der Waals surface area contributed by atoms with E-state index < -0.39 is 11.5 Å². The van der Waals surface area contributed by atoms with Gasteiger partial charge in [0.15, 0.2) is 5.60 Å². The van der Waals surface area contributed by atoms with Crippen LogP contribution < -0.4 is 10.5 Å². The average molecular weight is 219 g/mol. The van der Waals surface area contributed by atoms with Gasteiger partial charge in [0.25, 0.3) is 5.91 Å². The number of carbonyl (C=O) groups is 1. The summed E-state index contributed by atoms with van der Waals surface area (Å²) in [6.45, 7) is 3.27. The Morgan fingerprint density at radius 2 is 2.12 bits per heavy atom. The largest absolute Gasteiger partial charge is 0.477 e. The Balaban J connectivity index is 2.41. The fraction of sp³-hybridized carbons (Fsp3) is 0.250. The fourth-order valence-corrected chi connectivity index (χ4v) is 1.38. The van der Waals surface area contributed by atoms with Crippen molar-refractivity contribution < 1.29 is 13.9 Å². The van der Waals surface area contributed by atoms with Crippen molar-refractivity contribution in [2.75, 3.05) is 0 Å². The topological polar surface area (TPSA) is 65.5 Å². The van der Waals surface area contributed by atoms with Crippen molar-refractivity contribution in [2.45, 2.75) is 19.4 Å². The molecule has 16 heavy (non-hydrogen) atoms. The summed E-state index contributed by atoms with van der Waals surface area (Å²) in [5.74, 6) is 0.0862. The summed E-state index contributed by atoms with van der Waals surface area (Å²) >= 11 is 0. The molecule has 1 heterocycles. The lowest BCUT2D eigenvalue weighted by molar-refractivity contribution is -0.130. The second-order valence-corrected chi connectivity index (χ2v) is 4.07. The summed E-state index contributed by atoms with van der Waals surface area (Å²) in [6, 6.07) is 7.21. The lowest BCUT2D eigenvalue weighted by Crippen LogP contribution is -2.43. The van der Waals surface area contributed by atoms with E-state index in [0.29, 0.717) is 5.75 Å². The highest BCUT2D eigenvalue weighted by Gasteiger charge is 2.27. The number of hydrogen-bond donors (Lipinski definition) is 1. The molecular weight excluding hydrogens is 206 g/mol. The highest BCUT2D eigenvalue weighted by molar-refractivity contribution is 5.86. The normalized spacial score (nSPS) is 11.6. The van der Waals surface area contributed by atoms with E-state index in [2.05, 4.69) is 0 Å². The van der Waals surface area contributed by atoms with Crippen molar-refractivity contribution in [3.8, 4) is 5.75 Å². The summed E-state index contributed by atoms with van der Waals surface area (Å²) in [5, 5.41) is 0.830. The standard InChI is InChI=1S/C12H13NO3/c1-12(2,11(13)14)16-10-5-3-4-9-8(10)6-7-15-9/h3-7H,1-2H3,(H2,13,14). The highest BCUT2D eigenvalue weighted by atomic mass is 16.5. The van der Waals surface area contributed by atoms with Gasteiger partial charge in [-0.05, 0) is 32.0 Å². The molecule has 4 nitrogen and oxygen atoms in total. The number of amides is 1. The summed E-state index contributed by atoms with van der Waals surface area (Å²) < 4.78 is 10.8. The Morgan fingerprint density at radius 1 is 1.38 bits per heavy atom. The van der Waals surface area contributed by atoms with Crippen LogP contribution in [0.5, 0.6) is 5.75 Å². The third kappa shape index (κ3) is 1.74. The number of nitrogens with two attached hydrogens (primary N) is 1. The number of hydrogen-bond acceptors (Lipinski definition) is 3. The van der Waals surface area contributed by atoms with E-state index >= 15 is 0 Å². The van der Waals surface area contributed by atoms with Crippen LogP contribution in [0.25, 0.3) is 11.0 Å². The minimum atomic E-state index is -1.04. The predicted octanol–water partition coefficient (Wildman–Crippen LogP) is 2.08. The van der Waals surface area contributed by atoms with Crippen molar-refractivity contribution in [3.05, 3.63) is 30.5 Å². The Morgan fingerprint density at radius 3 is 2.81 bits per heavy atom. The molecule has 0 saturated carbocycles. The maximum atomic E-state index is 11.2. The van der Waals surface area contributed by atoms with Crippen LogP contribution in [0.1, 0.15) is 13.8 Å². The number of primary amides is 1. The van der Waals surface area contributed by atoms with Crippen LogP contribution in [0.3, 0.4) is 0 Å². The van der Waals surface area contributed by atoms with E-state index in [0.717, 1.165) is 11.0 Å². The molecule has 2 N–H and O–H groups in total. The maximum Gasteiger partial charge on any atom is 0.261 e. The molecule has 2 aromatic rings. The molecule has 1 amide bonds. The number of fused-ring (bicyclic) bond motifs is 1. The number of carbonyl (C=O) groups excluding carboxylic acids is 1. The van der Waals surface area contributed by atoms with Crippen LogP contribution >= 0.6 is 0 Å². The van der Waals surface area contributed by atoms with Crippen LogP contribution in [-0.4, -0.2) is 11.5 Å². The molecule has 0 saturated heterocycles. The molecule has 0 bridgehead atoms. The van der Waals surface area contributed by atoms with E-state index in [1.165, 1.54) is 0 Å². The molecule has 1 aromatic heterocycles. The van der Waals surface area contributed by atoms with Crippen molar-refractivity contribution >= 4 is 16.9 Å². The van der Waals surface area contributed by atoms with E-state index in [9.17, 15) is 4.79 Å². The third-order valence-corrected chi connectivity index (χ3v) is 2.41. The monoisotopic (exact) mass is 219 g/mol. The van der Waals surface area contributed by atoms with Crippen LogP contribution in [0.15, 0.2) is 34.9 Å². The second-order valence-electron chi connectivity index (χ2n) is 4.07. The molecule has 84 valence electrons. The van der Waals surface area contributed by atoms with Gasteiger partial charge in [-0.15, -0.1) is 0 Å². The van der Waals surface area contributed by atoms with Gasteiger partial charge in [0.1, 0.15) is 11.3 Å². The van der Waals surface area contributed by atoms with Crippen molar-refractivity contribution in [2.24, 2.45) is 5.73 Å². The second kappa shape index (κ2) is 3.56. The molecule has 1 aromatic carbocycles. The smallest absolute Gasteiger partial charge is 0.261 e. The van der Waals surface area contributed by atoms with Crippen LogP contribution in [0.4, 0.5) is 0 Å². The summed E-state index contributed by atoms with van der Waals surface area (Å²) in [5.41, 5.74) is 4.93. The maximum absolute atomic E-state index is 11.2. The minimum Gasteiger partial charge on any atom is -0.477 e. The van der Waals surface area contributed by atoms with E-state index in [-0.39, 0.29) is 0 Å². The van der Waals surface area contributed by atoms with Crippen LogP contribution in [0.2, 0.25) is 0 Å². The quantitative estimate of drug-likeness (QED) is 0.859. The molecule has 0 fully saturated rings. The van der Waals surface area contributed by atoms with Gasteiger partial charge < -0.3 is 14.9 Å². The molecule has 0 atom stereocenters. The lowest BCUT2D eigenvalue weighted by atomic mass is 10.1. The summed E-state index contributed by atoms with van der Waals surface area (Å²) in [6.07, 6.45) is 1.58. The predicted molar refractivity (Wildman–Crippen MR) is 60.1 cm³/mol. The Labute approximate surface area is 93.0 Å². The van der Waals surface area contributed by atoms with E-state index in [1.54, 1.807) is 38.3 Å². The average Bonchev–Trinajstić information content (AvgIpc) is 2.65. The first kappa shape index (κ1) is 10.5. The van der Waals surface area contributed by atoms with Gasteiger partial charge in [0.05, 0.1) is 11.6 Å². The first-order valence-corrected chi connectivity index (χ1v) is 4.96. The molecule has 2 rings (SSSR count). The van der Waals surface area contributed by atoms with Crippen LogP contribution in [0, 0.1) is 0 Å². The zero-order chi connectivity index (χ0) is 11.8. The highest BCUT2D eigenvalue weighted by Crippen LogP contribution is 2.29. The first-order chi connectivity index (χ1) is 7.50. The van der Waals surface area contributed by atoms with Gasteiger partial charge in [-0.3, -0.25) is 4.79 Å². The van der Waals surface area contributed by atoms with Gasteiger partial charge in [0.2, 0.25) is 0 Å². The summed E-state index contributed by atoms with van der Waals surface area (Å²) in [4.78, 5) is 11.2.